The van der Waals surface area contributed by atoms with Crippen molar-refractivity contribution in [2.75, 3.05) is 6.54 Å². The molecule has 0 spiro atoms. The average molecular weight is 258 g/mol. The Hall–Kier alpha value is -1.82. The second-order valence-electron chi connectivity index (χ2n) is 5.68. The number of nitriles is 1. The van der Waals surface area contributed by atoms with Gasteiger partial charge in [0.1, 0.15) is 6.42 Å². The minimum atomic E-state index is -0.211. The van der Waals surface area contributed by atoms with Crippen LogP contribution in [0.25, 0.3) is 0 Å². The van der Waals surface area contributed by atoms with E-state index in [1.165, 1.54) is 22.3 Å². The molecule has 0 fully saturated rings. The highest BCUT2D eigenvalue weighted by molar-refractivity contribution is 5.78. The number of carbonyl (C=O) groups is 1. The summed E-state index contributed by atoms with van der Waals surface area (Å²) in [6.07, 6.45) is -0.0814. The van der Waals surface area contributed by atoms with Crippen molar-refractivity contribution in [2.45, 2.75) is 46.5 Å². The molecule has 0 aliphatic carbocycles. The molecule has 0 aliphatic rings. The average Bonchev–Trinajstić information content (AvgIpc) is 2.34. The van der Waals surface area contributed by atoms with Crippen LogP contribution in [-0.4, -0.2) is 12.5 Å². The predicted molar refractivity (Wildman–Crippen MR) is 76.9 cm³/mol. The molecule has 19 heavy (non-hydrogen) atoms. The van der Waals surface area contributed by atoms with Gasteiger partial charge in [0.05, 0.1) is 6.07 Å². The molecule has 0 radical (unpaired) electrons. The number of hydrogen-bond donors (Lipinski definition) is 1. The summed E-state index contributed by atoms with van der Waals surface area (Å²) in [4.78, 5) is 11.4. The molecule has 1 amide bonds. The summed E-state index contributed by atoms with van der Waals surface area (Å²) in [5, 5.41) is 11.3. The first kappa shape index (κ1) is 15.2. The molecule has 3 heteroatoms. The number of nitrogens with one attached hydrogen (secondary N) is 1. The highest BCUT2D eigenvalue weighted by Crippen LogP contribution is 2.28. The Labute approximate surface area is 115 Å². The van der Waals surface area contributed by atoms with E-state index in [1.807, 2.05) is 6.07 Å². The minimum absolute atomic E-state index is 0.0814. The van der Waals surface area contributed by atoms with Crippen molar-refractivity contribution in [1.82, 2.24) is 5.32 Å². The van der Waals surface area contributed by atoms with Gasteiger partial charge in [-0.2, -0.15) is 5.26 Å². The third kappa shape index (κ3) is 3.57. The maximum absolute atomic E-state index is 11.4. The van der Waals surface area contributed by atoms with E-state index in [-0.39, 0.29) is 17.7 Å². The number of hydrogen-bond acceptors (Lipinski definition) is 2. The van der Waals surface area contributed by atoms with Gasteiger partial charge in [0, 0.05) is 12.0 Å². The Morgan fingerprint density at radius 1 is 1.26 bits per heavy atom. The lowest BCUT2D eigenvalue weighted by atomic mass is 9.80. The van der Waals surface area contributed by atoms with Gasteiger partial charge in [-0.05, 0) is 43.0 Å². The van der Waals surface area contributed by atoms with Gasteiger partial charge in [-0.25, -0.2) is 0 Å². The largest absolute Gasteiger partial charge is 0.354 e. The van der Waals surface area contributed by atoms with Crippen LogP contribution in [0.1, 0.15) is 42.5 Å². The van der Waals surface area contributed by atoms with Crippen molar-refractivity contribution in [3.8, 4) is 6.07 Å². The second kappa shape index (κ2) is 5.88. The molecular formula is C16H22N2O. The first-order valence-electron chi connectivity index (χ1n) is 6.50. The summed E-state index contributed by atoms with van der Waals surface area (Å²) >= 11 is 0. The number of rotatable bonds is 4. The number of benzene rings is 1. The van der Waals surface area contributed by atoms with Crippen molar-refractivity contribution in [3.63, 3.8) is 0 Å². The van der Waals surface area contributed by atoms with Crippen LogP contribution in [-0.2, 0) is 10.2 Å². The van der Waals surface area contributed by atoms with Crippen molar-refractivity contribution in [3.05, 3.63) is 34.4 Å². The van der Waals surface area contributed by atoms with Gasteiger partial charge in [-0.3, -0.25) is 4.79 Å². The standard InChI is InChI=1S/C16H22N2O/c1-11-6-7-14(13(3)12(11)2)16(4,5)10-18-15(19)8-9-17/h6-7H,8,10H2,1-5H3,(H,18,19). The number of amides is 1. The highest BCUT2D eigenvalue weighted by atomic mass is 16.1. The van der Waals surface area contributed by atoms with Gasteiger partial charge in [0.25, 0.3) is 0 Å². The van der Waals surface area contributed by atoms with Gasteiger partial charge in [-0.1, -0.05) is 26.0 Å². The van der Waals surface area contributed by atoms with Gasteiger partial charge < -0.3 is 5.32 Å². The molecule has 1 N–H and O–H groups in total. The summed E-state index contributed by atoms with van der Waals surface area (Å²) in [5.41, 5.74) is 4.96. The highest BCUT2D eigenvalue weighted by Gasteiger charge is 2.24. The third-order valence-electron chi connectivity index (χ3n) is 3.75. The smallest absolute Gasteiger partial charge is 0.234 e. The first-order valence-corrected chi connectivity index (χ1v) is 6.50. The van der Waals surface area contributed by atoms with Crippen LogP contribution in [0.15, 0.2) is 12.1 Å². The van der Waals surface area contributed by atoms with E-state index in [4.69, 9.17) is 5.26 Å². The van der Waals surface area contributed by atoms with Crippen molar-refractivity contribution >= 4 is 5.91 Å². The first-order chi connectivity index (χ1) is 8.79. The van der Waals surface area contributed by atoms with E-state index in [1.54, 1.807) is 0 Å². The fraction of sp³-hybridized carbons (Fsp3) is 0.500. The normalized spacial score (nSPS) is 10.9. The van der Waals surface area contributed by atoms with E-state index < -0.39 is 0 Å². The van der Waals surface area contributed by atoms with E-state index in [0.29, 0.717) is 6.54 Å². The zero-order valence-electron chi connectivity index (χ0n) is 12.4. The Kier molecular flexibility index (Phi) is 4.72. The third-order valence-corrected chi connectivity index (χ3v) is 3.75. The summed E-state index contributed by atoms with van der Waals surface area (Å²) in [7, 11) is 0. The number of aryl methyl sites for hydroxylation is 1. The second-order valence-corrected chi connectivity index (χ2v) is 5.68. The predicted octanol–water partition coefficient (Wildman–Crippen LogP) is 2.92. The van der Waals surface area contributed by atoms with Crippen LogP contribution in [0.3, 0.4) is 0 Å². The molecule has 0 atom stereocenters. The summed E-state index contributed by atoms with van der Waals surface area (Å²) in [5.74, 6) is -0.211. The fourth-order valence-electron chi connectivity index (χ4n) is 2.24. The zero-order chi connectivity index (χ0) is 14.6. The van der Waals surface area contributed by atoms with Gasteiger partial charge in [0.2, 0.25) is 5.91 Å². The quantitative estimate of drug-likeness (QED) is 0.902. The van der Waals surface area contributed by atoms with Gasteiger partial charge in [-0.15, -0.1) is 0 Å². The Bertz CT molecular complexity index is 524. The lowest BCUT2D eigenvalue weighted by molar-refractivity contribution is -0.120. The Balaban J connectivity index is 2.92. The van der Waals surface area contributed by atoms with Crippen LogP contribution < -0.4 is 5.32 Å². The molecule has 0 unspecified atom stereocenters. The molecule has 102 valence electrons. The minimum Gasteiger partial charge on any atom is -0.354 e. The van der Waals surface area contributed by atoms with E-state index in [9.17, 15) is 4.79 Å². The Morgan fingerprint density at radius 2 is 1.89 bits per heavy atom. The SMILES string of the molecule is Cc1ccc(C(C)(C)CNC(=O)CC#N)c(C)c1C. The summed E-state index contributed by atoms with van der Waals surface area (Å²) < 4.78 is 0. The molecule has 0 heterocycles. The molecule has 1 rings (SSSR count). The maximum atomic E-state index is 11.4. The Morgan fingerprint density at radius 3 is 2.47 bits per heavy atom. The van der Waals surface area contributed by atoms with E-state index >= 15 is 0 Å². The molecule has 0 saturated heterocycles. The monoisotopic (exact) mass is 258 g/mol. The van der Waals surface area contributed by atoms with Crippen molar-refractivity contribution < 1.29 is 4.79 Å². The van der Waals surface area contributed by atoms with Crippen LogP contribution >= 0.6 is 0 Å². The molecule has 1 aromatic rings. The maximum Gasteiger partial charge on any atom is 0.234 e. The van der Waals surface area contributed by atoms with Crippen molar-refractivity contribution in [1.29, 1.82) is 5.26 Å². The van der Waals surface area contributed by atoms with Crippen LogP contribution in [0.5, 0.6) is 0 Å². The fourth-order valence-corrected chi connectivity index (χ4v) is 2.24. The lowest BCUT2D eigenvalue weighted by Gasteiger charge is -2.28. The van der Waals surface area contributed by atoms with Gasteiger partial charge in [0.15, 0.2) is 0 Å². The molecule has 0 aliphatic heterocycles. The molecule has 1 aromatic carbocycles. The summed E-state index contributed by atoms with van der Waals surface area (Å²) in [6, 6.07) is 6.11. The molecule has 0 saturated carbocycles. The summed E-state index contributed by atoms with van der Waals surface area (Å²) in [6.45, 7) is 11.1. The lowest BCUT2D eigenvalue weighted by Crippen LogP contribution is -2.37. The molecule has 0 bridgehead atoms. The van der Waals surface area contributed by atoms with Crippen molar-refractivity contribution in [2.24, 2.45) is 0 Å². The molecular weight excluding hydrogens is 236 g/mol. The van der Waals surface area contributed by atoms with Crippen LogP contribution in [0, 0.1) is 32.1 Å². The number of nitrogens with zero attached hydrogens (tertiary/aromatic N) is 1. The van der Waals surface area contributed by atoms with Crippen LogP contribution in [0.4, 0.5) is 0 Å². The topological polar surface area (TPSA) is 52.9 Å². The zero-order valence-corrected chi connectivity index (χ0v) is 12.4. The van der Waals surface area contributed by atoms with E-state index in [0.717, 1.165) is 0 Å². The van der Waals surface area contributed by atoms with E-state index in [2.05, 4.69) is 52.1 Å². The molecule has 0 aromatic heterocycles. The number of carbonyl (C=O) groups excluding carboxylic acids is 1. The van der Waals surface area contributed by atoms with Crippen LogP contribution in [0.2, 0.25) is 0 Å². The van der Waals surface area contributed by atoms with Gasteiger partial charge >= 0.3 is 0 Å². The molecule has 3 nitrogen and oxygen atoms in total.